The monoisotopic (exact) mass is 361 g/mol. The second kappa shape index (κ2) is 8.07. The maximum Gasteiger partial charge on any atom is 0.273 e. The highest BCUT2D eigenvalue weighted by Crippen LogP contribution is 2.39. The standard InChI is InChI=1S/C20H35N5O/c1-14-18(23-24-25(14)17-9-11-21-12-10-17)19(26)22-13-15-5-7-16(8-6-15)20(2,3)4/h15-17,21H,5-13H2,1-4H3,(H,22,26). The van der Waals surface area contributed by atoms with Crippen molar-refractivity contribution in [3.8, 4) is 0 Å². The molecule has 2 heterocycles. The molecular formula is C20H35N5O. The second-order valence-electron chi connectivity index (χ2n) is 9.24. The molecule has 0 aromatic carbocycles. The second-order valence-corrected chi connectivity index (χ2v) is 9.24. The van der Waals surface area contributed by atoms with Gasteiger partial charge in [0.1, 0.15) is 0 Å². The van der Waals surface area contributed by atoms with E-state index in [1.165, 1.54) is 25.7 Å². The molecule has 3 rings (SSSR count). The molecule has 1 aromatic heterocycles. The van der Waals surface area contributed by atoms with E-state index < -0.39 is 0 Å². The maximum atomic E-state index is 12.6. The molecule has 26 heavy (non-hydrogen) atoms. The zero-order chi connectivity index (χ0) is 18.7. The van der Waals surface area contributed by atoms with Gasteiger partial charge in [-0.15, -0.1) is 5.10 Å². The lowest BCUT2D eigenvalue weighted by atomic mass is 9.70. The summed E-state index contributed by atoms with van der Waals surface area (Å²) in [6.45, 7) is 11.8. The Kier molecular flexibility index (Phi) is 6.00. The van der Waals surface area contributed by atoms with Gasteiger partial charge in [0.25, 0.3) is 5.91 Å². The molecule has 0 spiro atoms. The molecule has 1 aliphatic heterocycles. The highest BCUT2D eigenvalue weighted by atomic mass is 16.2. The van der Waals surface area contributed by atoms with Crippen LogP contribution in [0, 0.1) is 24.2 Å². The van der Waals surface area contributed by atoms with Gasteiger partial charge in [-0.1, -0.05) is 26.0 Å². The summed E-state index contributed by atoms with van der Waals surface area (Å²) in [4.78, 5) is 12.6. The summed E-state index contributed by atoms with van der Waals surface area (Å²) < 4.78 is 1.95. The van der Waals surface area contributed by atoms with Crippen molar-refractivity contribution in [1.82, 2.24) is 25.6 Å². The van der Waals surface area contributed by atoms with Gasteiger partial charge in [0.2, 0.25) is 0 Å². The van der Waals surface area contributed by atoms with Crippen molar-refractivity contribution in [2.75, 3.05) is 19.6 Å². The molecule has 1 amide bonds. The number of hydrogen-bond acceptors (Lipinski definition) is 4. The molecule has 2 aliphatic rings. The van der Waals surface area contributed by atoms with Crippen molar-refractivity contribution in [1.29, 1.82) is 0 Å². The Morgan fingerprint density at radius 3 is 2.42 bits per heavy atom. The Balaban J connectivity index is 1.51. The van der Waals surface area contributed by atoms with Crippen LogP contribution in [0.15, 0.2) is 0 Å². The van der Waals surface area contributed by atoms with Crippen LogP contribution < -0.4 is 10.6 Å². The van der Waals surface area contributed by atoms with Gasteiger partial charge in [-0.3, -0.25) is 4.79 Å². The number of carbonyl (C=O) groups is 1. The molecule has 1 saturated heterocycles. The average molecular weight is 362 g/mol. The SMILES string of the molecule is Cc1c(C(=O)NCC2CCC(C(C)(C)C)CC2)nnn1C1CCNCC1. The minimum Gasteiger partial charge on any atom is -0.350 e. The molecule has 0 bridgehead atoms. The third kappa shape index (κ3) is 4.45. The minimum atomic E-state index is -0.0689. The third-order valence-corrected chi connectivity index (χ3v) is 6.42. The fourth-order valence-electron chi connectivity index (χ4n) is 4.50. The van der Waals surface area contributed by atoms with E-state index in [-0.39, 0.29) is 5.91 Å². The Morgan fingerprint density at radius 1 is 1.15 bits per heavy atom. The van der Waals surface area contributed by atoms with Crippen molar-refractivity contribution in [3.05, 3.63) is 11.4 Å². The number of carbonyl (C=O) groups excluding carboxylic acids is 1. The van der Waals surface area contributed by atoms with Crippen LogP contribution in [-0.2, 0) is 0 Å². The van der Waals surface area contributed by atoms with E-state index in [0.717, 1.165) is 44.1 Å². The van der Waals surface area contributed by atoms with Crippen LogP contribution in [0.5, 0.6) is 0 Å². The Bertz CT molecular complexity index is 604. The van der Waals surface area contributed by atoms with E-state index in [1.54, 1.807) is 0 Å². The molecule has 2 N–H and O–H groups in total. The van der Waals surface area contributed by atoms with Crippen molar-refractivity contribution >= 4 is 5.91 Å². The Labute approximate surface area is 157 Å². The first-order chi connectivity index (χ1) is 12.4. The molecule has 6 nitrogen and oxygen atoms in total. The fourth-order valence-corrected chi connectivity index (χ4v) is 4.50. The van der Waals surface area contributed by atoms with Gasteiger partial charge in [0.05, 0.1) is 11.7 Å². The Morgan fingerprint density at radius 2 is 1.81 bits per heavy atom. The zero-order valence-corrected chi connectivity index (χ0v) is 16.8. The van der Waals surface area contributed by atoms with E-state index in [1.807, 2.05) is 11.6 Å². The summed E-state index contributed by atoms with van der Waals surface area (Å²) in [7, 11) is 0. The fraction of sp³-hybridized carbons (Fsp3) is 0.850. The van der Waals surface area contributed by atoms with Gasteiger partial charge < -0.3 is 10.6 Å². The summed E-state index contributed by atoms with van der Waals surface area (Å²) >= 11 is 0. The van der Waals surface area contributed by atoms with Gasteiger partial charge in [-0.05, 0) is 75.8 Å². The number of piperidine rings is 1. The van der Waals surface area contributed by atoms with Crippen LogP contribution in [0.3, 0.4) is 0 Å². The van der Waals surface area contributed by atoms with E-state index in [2.05, 4.69) is 41.7 Å². The largest absolute Gasteiger partial charge is 0.350 e. The lowest BCUT2D eigenvalue weighted by molar-refractivity contribution is 0.0925. The maximum absolute atomic E-state index is 12.6. The first-order valence-corrected chi connectivity index (χ1v) is 10.3. The van der Waals surface area contributed by atoms with Gasteiger partial charge in [-0.25, -0.2) is 4.68 Å². The summed E-state index contributed by atoms with van der Waals surface area (Å²) in [6, 6.07) is 0.359. The van der Waals surface area contributed by atoms with Crippen molar-refractivity contribution in [3.63, 3.8) is 0 Å². The van der Waals surface area contributed by atoms with Crippen LogP contribution >= 0.6 is 0 Å². The van der Waals surface area contributed by atoms with Crippen molar-refractivity contribution in [2.45, 2.75) is 72.3 Å². The zero-order valence-electron chi connectivity index (χ0n) is 16.8. The van der Waals surface area contributed by atoms with Crippen LogP contribution in [0.4, 0.5) is 0 Å². The van der Waals surface area contributed by atoms with Gasteiger partial charge in [-0.2, -0.15) is 0 Å². The molecule has 6 heteroatoms. The van der Waals surface area contributed by atoms with Crippen LogP contribution in [0.25, 0.3) is 0 Å². The molecule has 146 valence electrons. The van der Waals surface area contributed by atoms with E-state index in [0.29, 0.717) is 23.1 Å². The molecular weight excluding hydrogens is 326 g/mol. The topological polar surface area (TPSA) is 71.8 Å². The van der Waals surface area contributed by atoms with Gasteiger partial charge in [0, 0.05) is 6.54 Å². The molecule has 1 saturated carbocycles. The first kappa shape index (κ1) is 19.3. The number of amides is 1. The molecule has 0 atom stereocenters. The molecule has 1 aliphatic carbocycles. The smallest absolute Gasteiger partial charge is 0.273 e. The van der Waals surface area contributed by atoms with Crippen LogP contribution in [-0.4, -0.2) is 40.5 Å². The number of nitrogens with zero attached hydrogens (tertiary/aromatic N) is 3. The highest BCUT2D eigenvalue weighted by Gasteiger charge is 2.30. The van der Waals surface area contributed by atoms with Crippen molar-refractivity contribution in [2.24, 2.45) is 17.3 Å². The van der Waals surface area contributed by atoms with Gasteiger partial charge in [0.15, 0.2) is 5.69 Å². The summed E-state index contributed by atoms with van der Waals surface area (Å²) in [5.74, 6) is 1.33. The average Bonchev–Trinajstić information content (AvgIpc) is 3.01. The predicted octanol–water partition coefficient (Wildman–Crippen LogP) is 3.09. The minimum absolute atomic E-state index is 0.0689. The lowest BCUT2D eigenvalue weighted by Crippen LogP contribution is -2.34. The van der Waals surface area contributed by atoms with Crippen LogP contribution in [0.1, 0.15) is 81.5 Å². The number of aromatic nitrogens is 3. The van der Waals surface area contributed by atoms with E-state index in [9.17, 15) is 4.79 Å². The molecule has 0 radical (unpaired) electrons. The van der Waals surface area contributed by atoms with Gasteiger partial charge >= 0.3 is 0 Å². The molecule has 2 fully saturated rings. The quantitative estimate of drug-likeness (QED) is 0.864. The number of hydrogen-bond donors (Lipinski definition) is 2. The Hall–Kier alpha value is -1.43. The van der Waals surface area contributed by atoms with E-state index in [4.69, 9.17) is 0 Å². The first-order valence-electron chi connectivity index (χ1n) is 10.3. The summed E-state index contributed by atoms with van der Waals surface area (Å²) in [5.41, 5.74) is 1.79. The number of rotatable bonds is 4. The van der Waals surface area contributed by atoms with Crippen LogP contribution in [0.2, 0.25) is 0 Å². The van der Waals surface area contributed by atoms with E-state index >= 15 is 0 Å². The lowest BCUT2D eigenvalue weighted by Gasteiger charge is -2.37. The molecule has 0 unspecified atom stereocenters. The molecule has 1 aromatic rings. The predicted molar refractivity (Wildman–Crippen MR) is 103 cm³/mol. The van der Waals surface area contributed by atoms with Crippen molar-refractivity contribution < 1.29 is 4.79 Å². The highest BCUT2D eigenvalue weighted by molar-refractivity contribution is 5.93. The summed E-state index contributed by atoms with van der Waals surface area (Å²) in [6.07, 6.45) is 7.06. The normalized spacial score (nSPS) is 25.2. The third-order valence-electron chi connectivity index (χ3n) is 6.42. The number of nitrogens with one attached hydrogen (secondary N) is 2. The summed E-state index contributed by atoms with van der Waals surface area (Å²) in [5, 5.41) is 14.9.